The highest BCUT2D eigenvalue weighted by Gasteiger charge is 2.23. The number of hydrogen-bond donors (Lipinski definition) is 2. The van der Waals surface area contributed by atoms with Crippen LogP contribution in [0.15, 0.2) is 24.3 Å². The fourth-order valence-corrected chi connectivity index (χ4v) is 2.48. The summed E-state index contributed by atoms with van der Waals surface area (Å²) >= 11 is 0. The number of hydrogen-bond acceptors (Lipinski definition) is 3. The van der Waals surface area contributed by atoms with E-state index < -0.39 is 0 Å². The molecule has 2 rings (SSSR count). The molecule has 1 aliphatic rings. The van der Waals surface area contributed by atoms with Gasteiger partial charge in [0.15, 0.2) is 0 Å². The molecule has 0 bridgehead atoms. The smallest absolute Gasteiger partial charge is 0.115 e. The molecule has 1 saturated carbocycles. The largest absolute Gasteiger partial charge is 0.508 e. The molecule has 3 nitrogen and oxygen atoms in total. The van der Waals surface area contributed by atoms with Crippen LogP contribution in [-0.4, -0.2) is 24.4 Å². The molecule has 1 aromatic carbocycles. The highest BCUT2D eigenvalue weighted by atomic mass is 16.5. The molecule has 0 amide bonds. The van der Waals surface area contributed by atoms with Crippen molar-refractivity contribution in [3.8, 4) is 5.75 Å². The van der Waals surface area contributed by atoms with Gasteiger partial charge in [0.2, 0.25) is 0 Å². The van der Waals surface area contributed by atoms with E-state index in [1.54, 1.807) is 19.2 Å². The Morgan fingerprint density at radius 3 is 2.65 bits per heavy atom. The number of aromatic hydroxyl groups is 1. The van der Waals surface area contributed by atoms with E-state index in [9.17, 15) is 5.11 Å². The van der Waals surface area contributed by atoms with Gasteiger partial charge in [0.25, 0.3) is 0 Å². The minimum Gasteiger partial charge on any atom is -0.508 e. The normalized spacial score (nSPS) is 24.8. The number of phenolic OH excluding ortho intramolecular Hbond substituents is 1. The number of benzene rings is 1. The standard InChI is InChI=1S/C14H21NO2/c1-17-14-5-3-2-4-13(14)15-10-11-6-8-12(16)9-7-11/h6-9,13-16H,2-5,10H2,1H3. The molecular weight excluding hydrogens is 214 g/mol. The molecule has 2 unspecified atom stereocenters. The third-order valence-electron chi connectivity index (χ3n) is 3.51. The maximum Gasteiger partial charge on any atom is 0.115 e. The van der Waals surface area contributed by atoms with E-state index in [1.165, 1.54) is 24.8 Å². The van der Waals surface area contributed by atoms with E-state index in [0.717, 1.165) is 13.0 Å². The van der Waals surface area contributed by atoms with Gasteiger partial charge in [0.05, 0.1) is 6.10 Å². The zero-order chi connectivity index (χ0) is 12.1. The second kappa shape index (κ2) is 6.03. The molecule has 0 saturated heterocycles. The second-order valence-electron chi connectivity index (χ2n) is 4.71. The molecule has 0 heterocycles. The Balaban J connectivity index is 1.86. The van der Waals surface area contributed by atoms with Gasteiger partial charge in [-0.25, -0.2) is 0 Å². The summed E-state index contributed by atoms with van der Waals surface area (Å²) in [6.45, 7) is 0.838. The Hall–Kier alpha value is -1.06. The van der Waals surface area contributed by atoms with Crippen molar-refractivity contribution < 1.29 is 9.84 Å². The Kier molecular flexibility index (Phi) is 4.40. The average Bonchev–Trinajstić information content (AvgIpc) is 2.38. The SMILES string of the molecule is COC1CCCCC1NCc1ccc(O)cc1. The lowest BCUT2D eigenvalue weighted by atomic mass is 9.92. The number of ether oxygens (including phenoxy) is 1. The maximum atomic E-state index is 9.21. The van der Waals surface area contributed by atoms with E-state index in [0.29, 0.717) is 17.9 Å². The lowest BCUT2D eigenvalue weighted by Crippen LogP contribution is -2.42. The van der Waals surface area contributed by atoms with Crippen LogP contribution in [-0.2, 0) is 11.3 Å². The molecule has 2 N–H and O–H groups in total. The molecule has 1 aliphatic carbocycles. The first-order chi connectivity index (χ1) is 8.29. The molecule has 0 aromatic heterocycles. The van der Waals surface area contributed by atoms with Crippen molar-refractivity contribution in [3.63, 3.8) is 0 Å². The van der Waals surface area contributed by atoms with Crippen molar-refractivity contribution in [2.24, 2.45) is 0 Å². The van der Waals surface area contributed by atoms with Crippen LogP contribution in [0.2, 0.25) is 0 Å². The van der Waals surface area contributed by atoms with Crippen molar-refractivity contribution in [3.05, 3.63) is 29.8 Å². The molecule has 3 heteroatoms. The monoisotopic (exact) mass is 235 g/mol. The number of nitrogens with one attached hydrogen (secondary N) is 1. The van der Waals surface area contributed by atoms with Crippen molar-refractivity contribution >= 4 is 0 Å². The first kappa shape index (κ1) is 12.4. The highest BCUT2D eigenvalue weighted by Crippen LogP contribution is 2.21. The van der Waals surface area contributed by atoms with Gasteiger partial charge in [-0.15, -0.1) is 0 Å². The number of methoxy groups -OCH3 is 1. The zero-order valence-electron chi connectivity index (χ0n) is 10.4. The van der Waals surface area contributed by atoms with Gasteiger partial charge in [0, 0.05) is 19.7 Å². The lowest BCUT2D eigenvalue weighted by molar-refractivity contribution is 0.0413. The molecule has 0 spiro atoms. The van der Waals surface area contributed by atoms with E-state index in [-0.39, 0.29) is 0 Å². The van der Waals surface area contributed by atoms with Crippen molar-refractivity contribution in [2.45, 2.75) is 44.4 Å². The van der Waals surface area contributed by atoms with Crippen LogP contribution in [0, 0.1) is 0 Å². The van der Waals surface area contributed by atoms with Gasteiger partial charge in [-0.1, -0.05) is 25.0 Å². The minimum atomic E-state index is 0.321. The van der Waals surface area contributed by atoms with Crippen LogP contribution in [0.25, 0.3) is 0 Å². The number of phenols is 1. The van der Waals surface area contributed by atoms with Crippen LogP contribution in [0.5, 0.6) is 5.75 Å². The van der Waals surface area contributed by atoms with E-state index in [1.807, 2.05) is 12.1 Å². The van der Waals surface area contributed by atoms with Crippen LogP contribution in [0.1, 0.15) is 31.2 Å². The van der Waals surface area contributed by atoms with Gasteiger partial charge in [-0.2, -0.15) is 0 Å². The fourth-order valence-electron chi connectivity index (χ4n) is 2.48. The first-order valence-corrected chi connectivity index (χ1v) is 6.33. The second-order valence-corrected chi connectivity index (χ2v) is 4.71. The molecule has 2 atom stereocenters. The highest BCUT2D eigenvalue weighted by molar-refractivity contribution is 5.25. The van der Waals surface area contributed by atoms with Crippen molar-refractivity contribution in [1.82, 2.24) is 5.32 Å². The summed E-state index contributed by atoms with van der Waals surface area (Å²) in [5, 5.41) is 12.8. The van der Waals surface area contributed by atoms with Gasteiger partial charge >= 0.3 is 0 Å². The van der Waals surface area contributed by atoms with Crippen molar-refractivity contribution in [1.29, 1.82) is 0 Å². The summed E-state index contributed by atoms with van der Waals surface area (Å²) in [6, 6.07) is 7.82. The van der Waals surface area contributed by atoms with Crippen LogP contribution >= 0.6 is 0 Å². The summed E-state index contributed by atoms with van der Waals surface area (Å²) in [7, 11) is 1.80. The van der Waals surface area contributed by atoms with E-state index in [4.69, 9.17) is 4.74 Å². The summed E-state index contributed by atoms with van der Waals surface area (Å²) in [5.74, 6) is 0.321. The first-order valence-electron chi connectivity index (χ1n) is 6.33. The summed E-state index contributed by atoms with van der Waals surface area (Å²) in [6.07, 6.45) is 5.25. The molecule has 1 aromatic rings. The molecule has 17 heavy (non-hydrogen) atoms. The minimum absolute atomic E-state index is 0.321. The maximum absolute atomic E-state index is 9.21. The molecule has 94 valence electrons. The fraction of sp³-hybridized carbons (Fsp3) is 0.571. The molecule has 0 radical (unpaired) electrons. The third-order valence-corrected chi connectivity index (χ3v) is 3.51. The van der Waals surface area contributed by atoms with Gasteiger partial charge < -0.3 is 15.2 Å². The van der Waals surface area contributed by atoms with Crippen LogP contribution < -0.4 is 5.32 Å². The molecular formula is C14H21NO2. The van der Waals surface area contributed by atoms with E-state index >= 15 is 0 Å². The summed E-state index contributed by atoms with van der Waals surface area (Å²) < 4.78 is 5.51. The Labute approximate surface area is 103 Å². The average molecular weight is 235 g/mol. The van der Waals surface area contributed by atoms with Gasteiger partial charge in [0.1, 0.15) is 5.75 Å². The summed E-state index contributed by atoms with van der Waals surface area (Å²) in [5.41, 5.74) is 1.20. The zero-order valence-corrected chi connectivity index (χ0v) is 10.4. The van der Waals surface area contributed by atoms with E-state index in [2.05, 4.69) is 5.32 Å². The summed E-state index contributed by atoms with van der Waals surface area (Å²) in [4.78, 5) is 0. The molecule has 1 fully saturated rings. The Bertz CT molecular complexity index is 337. The van der Waals surface area contributed by atoms with Gasteiger partial charge in [-0.3, -0.25) is 0 Å². The Morgan fingerprint density at radius 1 is 1.24 bits per heavy atom. The topological polar surface area (TPSA) is 41.5 Å². The van der Waals surface area contributed by atoms with Crippen LogP contribution in [0.4, 0.5) is 0 Å². The number of rotatable bonds is 4. The van der Waals surface area contributed by atoms with Gasteiger partial charge in [-0.05, 0) is 30.5 Å². The Morgan fingerprint density at radius 2 is 1.94 bits per heavy atom. The van der Waals surface area contributed by atoms with Crippen LogP contribution in [0.3, 0.4) is 0 Å². The third kappa shape index (κ3) is 3.45. The lowest BCUT2D eigenvalue weighted by Gasteiger charge is -2.31. The quantitative estimate of drug-likeness (QED) is 0.842. The predicted molar refractivity (Wildman–Crippen MR) is 68.0 cm³/mol. The molecule has 0 aliphatic heterocycles. The predicted octanol–water partition coefficient (Wildman–Crippen LogP) is 2.44. The van der Waals surface area contributed by atoms with Crippen molar-refractivity contribution in [2.75, 3.05) is 7.11 Å².